The van der Waals surface area contributed by atoms with Gasteiger partial charge in [0.25, 0.3) is 0 Å². The summed E-state index contributed by atoms with van der Waals surface area (Å²) in [5.74, 6) is 6.16. The van der Waals surface area contributed by atoms with Crippen LogP contribution in [0.3, 0.4) is 0 Å². The van der Waals surface area contributed by atoms with Crippen molar-refractivity contribution in [1.82, 2.24) is 9.80 Å². The van der Waals surface area contributed by atoms with Gasteiger partial charge in [0.1, 0.15) is 11.7 Å². The summed E-state index contributed by atoms with van der Waals surface area (Å²) in [6.07, 6.45) is 1.89. The van der Waals surface area contributed by atoms with E-state index >= 15 is 0 Å². The third-order valence-electron chi connectivity index (χ3n) is 6.70. The van der Waals surface area contributed by atoms with Gasteiger partial charge in [0.05, 0.1) is 11.6 Å². The number of piperidine rings is 1. The Kier molecular flexibility index (Phi) is 9.56. The molecule has 2 atom stereocenters. The average Bonchev–Trinajstić information content (AvgIpc) is 2.85. The van der Waals surface area contributed by atoms with Gasteiger partial charge in [-0.05, 0) is 45.5 Å². The number of cyclic esters (lactones) is 1. The van der Waals surface area contributed by atoms with Crippen LogP contribution in [-0.2, 0) is 4.74 Å². The molecule has 0 radical (unpaired) electrons. The number of likely N-dealkylation sites (tertiary alicyclic amines) is 1. The molecule has 2 fully saturated rings. The zero-order valence-electron chi connectivity index (χ0n) is 22.0. The Morgan fingerprint density at radius 1 is 1.06 bits per heavy atom. The number of carbonyl (C=O) groups excluding carboxylic acids is 1. The van der Waals surface area contributed by atoms with E-state index in [-0.39, 0.29) is 18.2 Å². The maximum Gasteiger partial charge on any atom is 0.410 e. The van der Waals surface area contributed by atoms with Crippen molar-refractivity contribution < 1.29 is 19.7 Å². The summed E-state index contributed by atoms with van der Waals surface area (Å²) in [5.41, 5.74) is 0.104. The first-order valence-corrected chi connectivity index (χ1v) is 12.8. The Hall–Kier alpha value is -2.85. The highest BCUT2D eigenvalue weighted by molar-refractivity contribution is 5.69. The topological polar surface area (TPSA) is 73.2 Å². The number of benzene rings is 2. The number of ether oxygens (including phenoxy) is 1. The lowest BCUT2D eigenvalue weighted by Gasteiger charge is -2.37. The molecule has 0 bridgehead atoms. The van der Waals surface area contributed by atoms with Gasteiger partial charge in [-0.15, -0.1) is 0 Å². The van der Waals surface area contributed by atoms with Crippen LogP contribution in [0.2, 0.25) is 0 Å². The van der Waals surface area contributed by atoms with Crippen LogP contribution < -0.4 is 0 Å². The van der Waals surface area contributed by atoms with Crippen molar-refractivity contribution >= 4 is 6.09 Å². The molecular formula is C30H40N2O4. The second kappa shape index (κ2) is 12.4. The van der Waals surface area contributed by atoms with Crippen molar-refractivity contribution in [2.75, 3.05) is 26.7 Å². The number of nitrogens with zero attached hydrogens (tertiary/aromatic N) is 2. The maximum absolute atomic E-state index is 12.5. The molecule has 1 amide bonds. The lowest BCUT2D eigenvalue weighted by atomic mass is 9.92. The minimum absolute atomic E-state index is 0.110. The molecule has 2 aromatic carbocycles. The molecule has 2 aliphatic rings. The number of amides is 1. The normalized spacial score (nSPS) is 20.8. The van der Waals surface area contributed by atoms with E-state index in [0.29, 0.717) is 32.2 Å². The van der Waals surface area contributed by atoms with Crippen molar-refractivity contribution in [3.8, 4) is 11.8 Å². The Morgan fingerprint density at radius 2 is 1.61 bits per heavy atom. The third-order valence-corrected chi connectivity index (χ3v) is 6.70. The van der Waals surface area contributed by atoms with Crippen molar-refractivity contribution in [2.24, 2.45) is 0 Å². The summed E-state index contributed by atoms with van der Waals surface area (Å²) in [4.78, 5) is 16.4. The Bertz CT molecular complexity index is 986. The van der Waals surface area contributed by atoms with E-state index < -0.39 is 11.2 Å². The summed E-state index contributed by atoms with van der Waals surface area (Å²) in [6.45, 7) is 7.75. The van der Waals surface area contributed by atoms with E-state index in [4.69, 9.17) is 4.74 Å². The van der Waals surface area contributed by atoms with Gasteiger partial charge < -0.3 is 24.7 Å². The van der Waals surface area contributed by atoms with Crippen LogP contribution in [0.25, 0.3) is 0 Å². The fourth-order valence-corrected chi connectivity index (χ4v) is 4.41. The summed E-state index contributed by atoms with van der Waals surface area (Å²) in [7, 11) is 2.05. The van der Waals surface area contributed by atoms with Gasteiger partial charge >= 0.3 is 6.09 Å². The SMILES string of the molecule is CC(c1ccc(C#CC2(O)CCN(C)CC2)cc1)N1CCC(CC(C)(C)O)OC1=O.c1ccccc1. The largest absolute Gasteiger partial charge is 0.446 e. The summed E-state index contributed by atoms with van der Waals surface area (Å²) >= 11 is 0. The minimum Gasteiger partial charge on any atom is -0.446 e. The lowest BCUT2D eigenvalue weighted by molar-refractivity contribution is -0.0309. The zero-order chi connectivity index (χ0) is 26.2. The average molecular weight is 493 g/mol. The molecule has 2 heterocycles. The predicted molar refractivity (Wildman–Crippen MR) is 142 cm³/mol. The molecule has 36 heavy (non-hydrogen) atoms. The number of rotatable bonds is 4. The van der Waals surface area contributed by atoms with Gasteiger partial charge in [-0.3, -0.25) is 0 Å². The van der Waals surface area contributed by atoms with Crippen LogP contribution in [-0.4, -0.2) is 70.1 Å². The highest BCUT2D eigenvalue weighted by atomic mass is 16.6. The molecule has 0 aliphatic carbocycles. The third kappa shape index (κ3) is 8.67. The smallest absolute Gasteiger partial charge is 0.410 e. The second-order valence-corrected chi connectivity index (χ2v) is 10.5. The van der Waals surface area contributed by atoms with Crippen LogP contribution in [0.5, 0.6) is 0 Å². The first kappa shape index (κ1) is 27.7. The van der Waals surface area contributed by atoms with Gasteiger partial charge in [-0.2, -0.15) is 0 Å². The van der Waals surface area contributed by atoms with E-state index in [9.17, 15) is 15.0 Å². The maximum atomic E-state index is 12.5. The Morgan fingerprint density at radius 3 is 2.11 bits per heavy atom. The monoisotopic (exact) mass is 492 g/mol. The molecule has 6 heteroatoms. The number of hydrogen-bond acceptors (Lipinski definition) is 5. The fraction of sp³-hybridized carbons (Fsp3) is 0.500. The van der Waals surface area contributed by atoms with Crippen LogP contribution in [0.4, 0.5) is 4.79 Å². The molecule has 2 aromatic rings. The summed E-state index contributed by atoms with van der Waals surface area (Å²) < 4.78 is 5.54. The first-order chi connectivity index (χ1) is 17.0. The van der Waals surface area contributed by atoms with Crippen molar-refractivity contribution in [2.45, 2.75) is 69.8 Å². The van der Waals surface area contributed by atoms with Gasteiger partial charge in [0.2, 0.25) is 0 Å². The second-order valence-electron chi connectivity index (χ2n) is 10.5. The molecule has 2 unspecified atom stereocenters. The molecule has 2 N–H and O–H groups in total. The molecule has 194 valence electrons. The standard InChI is InChI=1S/C24H34N2O4.C6H6/c1-18(26-14-10-21(30-22(26)27)17-23(2,3)28)20-7-5-19(6-8-20)9-11-24(29)12-15-25(4)16-13-24;1-2-4-6-5-3-1/h5-8,18,21,28-29H,10,12-17H2,1-4H3;1-6H. The van der Waals surface area contributed by atoms with E-state index in [2.05, 4.69) is 23.8 Å². The van der Waals surface area contributed by atoms with Gasteiger partial charge in [-0.1, -0.05) is 60.4 Å². The van der Waals surface area contributed by atoms with E-state index in [1.54, 1.807) is 18.7 Å². The molecule has 0 spiro atoms. The van der Waals surface area contributed by atoms with Gasteiger partial charge in [0.15, 0.2) is 0 Å². The molecule has 2 aliphatic heterocycles. The molecule has 0 saturated carbocycles. The molecule has 0 aromatic heterocycles. The zero-order valence-corrected chi connectivity index (χ0v) is 22.0. The quantitative estimate of drug-likeness (QED) is 0.610. The number of carbonyl (C=O) groups is 1. The van der Waals surface area contributed by atoms with Crippen LogP contribution >= 0.6 is 0 Å². The van der Waals surface area contributed by atoms with E-state index in [1.165, 1.54) is 0 Å². The lowest BCUT2D eigenvalue weighted by Crippen LogP contribution is -2.45. The molecule has 6 nitrogen and oxygen atoms in total. The Balaban J connectivity index is 0.000000526. The highest BCUT2D eigenvalue weighted by Crippen LogP contribution is 2.28. The Labute approximate surface area is 215 Å². The van der Waals surface area contributed by atoms with Gasteiger partial charge in [-0.25, -0.2) is 4.79 Å². The molecule has 4 rings (SSSR count). The van der Waals surface area contributed by atoms with Crippen LogP contribution in [0, 0.1) is 11.8 Å². The van der Waals surface area contributed by atoms with Crippen molar-refractivity contribution in [1.29, 1.82) is 0 Å². The first-order valence-electron chi connectivity index (χ1n) is 12.8. The fourth-order valence-electron chi connectivity index (χ4n) is 4.41. The highest BCUT2D eigenvalue weighted by Gasteiger charge is 2.33. The summed E-state index contributed by atoms with van der Waals surface area (Å²) in [5, 5.41) is 20.6. The number of hydrogen-bond donors (Lipinski definition) is 2. The van der Waals surface area contributed by atoms with Crippen LogP contribution in [0.15, 0.2) is 60.7 Å². The minimum atomic E-state index is -0.907. The van der Waals surface area contributed by atoms with E-state index in [0.717, 1.165) is 24.2 Å². The summed E-state index contributed by atoms with van der Waals surface area (Å²) in [6, 6.07) is 19.7. The van der Waals surface area contributed by atoms with Crippen molar-refractivity contribution in [3.63, 3.8) is 0 Å². The van der Waals surface area contributed by atoms with Crippen LogP contribution in [0.1, 0.15) is 63.6 Å². The van der Waals surface area contributed by atoms with Crippen molar-refractivity contribution in [3.05, 3.63) is 71.8 Å². The molecular weight excluding hydrogens is 452 g/mol. The number of aliphatic hydroxyl groups is 2. The van der Waals surface area contributed by atoms with Gasteiger partial charge in [0, 0.05) is 50.9 Å². The predicted octanol–water partition coefficient (Wildman–Crippen LogP) is 4.61. The van der Waals surface area contributed by atoms with E-state index in [1.807, 2.05) is 67.6 Å². The molecule has 2 saturated heterocycles.